The number of fused-ring (bicyclic) bond motifs is 1. The summed E-state index contributed by atoms with van der Waals surface area (Å²) >= 11 is 6.07. The van der Waals surface area contributed by atoms with Crippen LogP contribution in [0.15, 0.2) is 16.7 Å². The third-order valence-corrected chi connectivity index (χ3v) is 2.92. The molecule has 0 amide bonds. The lowest BCUT2D eigenvalue weighted by atomic mass is 10.1. The van der Waals surface area contributed by atoms with Gasteiger partial charge in [0, 0.05) is 12.1 Å². The van der Waals surface area contributed by atoms with Crippen LogP contribution in [-0.4, -0.2) is 23.5 Å². The molecule has 0 saturated heterocycles. The highest BCUT2D eigenvalue weighted by Gasteiger charge is 2.25. The average Bonchev–Trinajstić information content (AvgIpc) is 2.77. The summed E-state index contributed by atoms with van der Waals surface area (Å²) in [5.41, 5.74) is 6.27. The molecule has 6 nitrogen and oxygen atoms in total. The van der Waals surface area contributed by atoms with Crippen molar-refractivity contribution in [3.05, 3.63) is 17.2 Å². The number of hydrogen-bond donors (Lipinski definition) is 2. The van der Waals surface area contributed by atoms with E-state index in [1.807, 2.05) is 0 Å². The molecule has 94 valence electrons. The molecule has 1 aromatic carbocycles. The fourth-order valence-corrected chi connectivity index (χ4v) is 2.02. The van der Waals surface area contributed by atoms with Crippen molar-refractivity contribution in [1.29, 1.82) is 0 Å². The molecular formula is C11H9ClN2O4. The van der Waals surface area contributed by atoms with Gasteiger partial charge in [0.15, 0.2) is 11.5 Å². The van der Waals surface area contributed by atoms with Crippen LogP contribution < -0.4 is 15.2 Å². The Bertz CT molecular complexity index is 611. The monoisotopic (exact) mass is 268 g/mol. The number of ether oxygens (including phenoxy) is 2. The number of phenols is 1. The minimum absolute atomic E-state index is 0.113. The number of nitrogens with two attached hydrogens (primary N) is 1. The summed E-state index contributed by atoms with van der Waals surface area (Å²) in [5.74, 6) is 0.879. The predicted molar refractivity (Wildman–Crippen MR) is 64.0 cm³/mol. The van der Waals surface area contributed by atoms with Crippen LogP contribution in [0.4, 0.5) is 5.88 Å². The molecule has 18 heavy (non-hydrogen) atoms. The zero-order valence-corrected chi connectivity index (χ0v) is 9.90. The van der Waals surface area contributed by atoms with Gasteiger partial charge in [0.1, 0.15) is 24.7 Å². The van der Waals surface area contributed by atoms with Gasteiger partial charge in [0.05, 0.1) is 10.6 Å². The lowest BCUT2D eigenvalue weighted by molar-refractivity contribution is 0.171. The van der Waals surface area contributed by atoms with Crippen molar-refractivity contribution in [3.63, 3.8) is 0 Å². The molecule has 0 aliphatic carbocycles. The van der Waals surface area contributed by atoms with E-state index in [2.05, 4.69) is 5.16 Å². The number of rotatable bonds is 1. The van der Waals surface area contributed by atoms with Crippen LogP contribution in [0.25, 0.3) is 11.3 Å². The van der Waals surface area contributed by atoms with Crippen LogP contribution in [0.3, 0.4) is 0 Å². The maximum Gasteiger partial charge on any atom is 0.222 e. The first-order valence-corrected chi connectivity index (χ1v) is 5.58. The van der Waals surface area contributed by atoms with E-state index >= 15 is 0 Å². The highest BCUT2D eigenvalue weighted by molar-refractivity contribution is 6.35. The Morgan fingerprint density at radius 3 is 2.78 bits per heavy atom. The van der Waals surface area contributed by atoms with Crippen molar-refractivity contribution in [2.75, 3.05) is 18.9 Å². The first kappa shape index (κ1) is 11.0. The fourth-order valence-electron chi connectivity index (χ4n) is 1.79. The van der Waals surface area contributed by atoms with Crippen LogP contribution in [0.1, 0.15) is 0 Å². The summed E-state index contributed by atoms with van der Waals surface area (Å²) in [4.78, 5) is 0. The SMILES string of the molecule is Nc1cc(-c2c(Cl)c(O)cc3c2OCCO3)no1. The van der Waals surface area contributed by atoms with Gasteiger partial charge in [-0.05, 0) is 0 Å². The summed E-state index contributed by atoms with van der Waals surface area (Å²) < 4.78 is 15.7. The van der Waals surface area contributed by atoms with Crippen LogP contribution in [-0.2, 0) is 0 Å². The van der Waals surface area contributed by atoms with E-state index in [4.69, 9.17) is 31.3 Å². The van der Waals surface area contributed by atoms with Gasteiger partial charge in [0.2, 0.25) is 5.88 Å². The number of anilines is 1. The molecule has 0 atom stereocenters. The Labute approximate surface area is 107 Å². The van der Waals surface area contributed by atoms with Crippen LogP contribution in [0.5, 0.6) is 17.2 Å². The molecule has 0 radical (unpaired) electrons. The number of aromatic hydroxyl groups is 1. The Hall–Kier alpha value is -2.08. The van der Waals surface area contributed by atoms with Crippen molar-refractivity contribution in [2.45, 2.75) is 0 Å². The quantitative estimate of drug-likeness (QED) is 0.823. The molecule has 0 fully saturated rings. The van der Waals surface area contributed by atoms with E-state index in [1.165, 1.54) is 12.1 Å². The number of nitrogen functional groups attached to an aromatic ring is 1. The molecule has 0 unspecified atom stereocenters. The second-order valence-corrected chi connectivity index (χ2v) is 4.10. The third-order valence-electron chi connectivity index (χ3n) is 2.53. The van der Waals surface area contributed by atoms with Gasteiger partial charge < -0.3 is 24.8 Å². The minimum Gasteiger partial charge on any atom is -0.506 e. The molecule has 3 N–H and O–H groups in total. The highest BCUT2D eigenvalue weighted by atomic mass is 35.5. The Kier molecular flexibility index (Phi) is 2.45. The Morgan fingerprint density at radius 2 is 2.06 bits per heavy atom. The second kappa shape index (κ2) is 3.99. The summed E-state index contributed by atoms with van der Waals surface area (Å²) in [5, 5.41) is 13.7. The van der Waals surface area contributed by atoms with Gasteiger partial charge in [-0.1, -0.05) is 16.8 Å². The average molecular weight is 269 g/mol. The van der Waals surface area contributed by atoms with E-state index in [1.54, 1.807) is 0 Å². The summed E-state index contributed by atoms with van der Waals surface area (Å²) in [6.07, 6.45) is 0. The first-order chi connectivity index (χ1) is 8.66. The van der Waals surface area contributed by atoms with E-state index < -0.39 is 0 Å². The number of benzene rings is 1. The Balaban J connectivity index is 2.26. The molecule has 1 aromatic heterocycles. The number of phenolic OH excluding ortho intramolecular Hbond substituents is 1. The van der Waals surface area contributed by atoms with Gasteiger partial charge in [-0.15, -0.1) is 0 Å². The van der Waals surface area contributed by atoms with Crippen LogP contribution in [0.2, 0.25) is 5.02 Å². The van der Waals surface area contributed by atoms with E-state index in [9.17, 15) is 5.11 Å². The van der Waals surface area contributed by atoms with Gasteiger partial charge in [-0.25, -0.2) is 0 Å². The zero-order valence-electron chi connectivity index (χ0n) is 9.14. The molecule has 1 aliphatic heterocycles. The fraction of sp³-hybridized carbons (Fsp3) is 0.182. The van der Waals surface area contributed by atoms with Gasteiger partial charge in [-0.2, -0.15) is 0 Å². The predicted octanol–water partition coefficient (Wildman–Crippen LogP) is 2.05. The highest BCUT2D eigenvalue weighted by Crippen LogP contribution is 2.48. The zero-order chi connectivity index (χ0) is 12.7. The normalized spacial score (nSPS) is 13.6. The molecule has 7 heteroatoms. The van der Waals surface area contributed by atoms with E-state index in [0.717, 1.165) is 0 Å². The summed E-state index contributed by atoms with van der Waals surface area (Å²) in [6, 6.07) is 2.91. The molecule has 3 rings (SSSR count). The van der Waals surface area contributed by atoms with Crippen molar-refractivity contribution >= 4 is 17.5 Å². The topological polar surface area (TPSA) is 90.7 Å². The standard InChI is InChI=1S/C11H9ClN2O4/c12-10-6(15)4-7-11(17-2-1-16-7)9(10)5-3-8(13)18-14-5/h3-4,15H,1-2,13H2. The number of halogens is 1. The lowest BCUT2D eigenvalue weighted by Crippen LogP contribution is -2.16. The van der Waals surface area contributed by atoms with Crippen molar-refractivity contribution in [1.82, 2.24) is 5.16 Å². The summed E-state index contributed by atoms with van der Waals surface area (Å²) in [7, 11) is 0. The Morgan fingerprint density at radius 1 is 1.28 bits per heavy atom. The smallest absolute Gasteiger partial charge is 0.222 e. The lowest BCUT2D eigenvalue weighted by Gasteiger charge is -2.21. The molecule has 0 bridgehead atoms. The maximum atomic E-state index is 9.77. The molecule has 0 saturated carbocycles. The molecular weight excluding hydrogens is 260 g/mol. The largest absolute Gasteiger partial charge is 0.506 e. The van der Waals surface area contributed by atoms with Gasteiger partial charge >= 0.3 is 0 Å². The molecule has 2 heterocycles. The maximum absolute atomic E-state index is 9.77. The molecule has 0 spiro atoms. The molecule has 2 aromatic rings. The second-order valence-electron chi connectivity index (χ2n) is 3.72. The summed E-state index contributed by atoms with van der Waals surface area (Å²) in [6.45, 7) is 0.808. The number of aromatic nitrogens is 1. The van der Waals surface area contributed by atoms with Gasteiger partial charge in [-0.3, -0.25) is 0 Å². The van der Waals surface area contributed by atoms with Crippen LogP contribution >= 0.6 is 11.6 Å². The van der Waals surface area contributed by atoms with E-state index in [-0.39, 0.29) is 16.7 Å². The van der Waals surface area contributed by atoms with Crippen molar-refractivity contribution in [3.8, 4) is 28.5 Å². The minimum atomic E-state index is -0.113. The van der Waals surface area contributed by atoms with Crippen molar-refractivity contribution in [2.24, 2.45) is 0 Å². The van der Waals surface area contributed by atoms with E-state index in [0.29, 0.717) is 36.0 Å². The van der Waals surface area contributed by atoms with Crippen molar-refractivity contribution < 1.29 is 19.1 Å². The first-order valence-electron chi connectivity index (χ1n) is 5.20. The number of hydrogen-bond acceptors (Lipinski definition) is 6. The number of nitrogens with zero attached hydrogens (tertiary/aromatic N) is 1. The molecule has 1 aliphatic rings. The van der Waals surface area contributed by atoms with Crippen LogP contribution in [0, 0.1) is 0 Å². The van der Waals surface area contributed by atoms with Gasteiger partial charge in [0.25, 0.3) is 0 Å². The third kappa shape index (κ3) is 1.62.